The fraction of sp³-hybridized carbons (Fsp3) is 0.806. The van der Waals surface area contributed by atoms with Gasteiger partial charge in [-0.05, 0) is 37.0 Å². The second-order valence-electron chi connectivity index (χ2n) is 9.90. The molecular weight excluding hydrogens is 456 g/mol. The van der Waals surface area contributed by atoms with Crippen LogP contribution in [0.5, 0.6) is 17.2 Å². The minimum absolute atomic E-state index is 0.443. The van der Waals surface area contributed by atoms with Gasteiger partial charge in [-0.2, -0.15) is 0 Å². The molecule has 1 rings (SSSR count). The van der Waals surface area contributed by atoms with Crippen molar-refractivity contribution in [1.82, 2.24) is 0 Å². The molecule has 4 heteroatoms. The van der Waals surface area contributed by atoms with Crippen LogP contribution >= 0.6 is 11.6 Å². The fourth-order valence-electron chi connectivity index (χ4n) is 4.25. The Kier molecular flexibility index (Phi) is 21.3. The number of rotatable bonds is 25. The van der Waals surface area contributed by atoms with Crippen LogP contribution in [-0.2, 0) is 5.88 Å². The Balaban J connectivity index is 2.69. The highest BCUT2D eigenvalue weighted by atomic mass is 35.5. The second kappa shape index (κ2) is 23.3. The first-order valence-electron chi connectivity index (χ1n) is 14.9. The first-order valence-corrected chi connectivity index (χ1v) is 15.4. The average Bonchev–Trinajstić information content (AvgIpc) is 2.87. The molecule has 0 aliphatic rings. The lowest BCUT2D eigenvalue weighted by Crippen LogP contribution is -2.07. The van der Waals surface area contributed by atoms with Crippen LogP contribution in [0.25, 0.3) is 0 Å². The van der Waals surface area contributed by atoms with E-state index < -0.39 is 0 Å². The van der Waals surface area contributed by atoms with Gasteiger partial charge in [-0.1, -0.05) is 117 Å². The summed E-state index contributed by atoms with van der Waals surface area (Å²) in [6.45, 7) is 8.89. The molecule has 35 heavy (non-hydrogen) atoms. The molecular formula is C31H55ClO3. The highest BCUT2D eigenvalue weighted by molar-refractivity contribution is 6.17. The maximum Gasteiger partial charge on any atom is 0.203 e. The van der Waals surface area contributed by atoms with E-state index in [0.29, 0.717) is 25.7 Å². The van der Waals surface area contributed by atoms with E-state index in [1.807, 2.05) is 12.1 Å². The van der Waals surface area contributed by atoms with Crippen molar-refractivity contribution in [1.29, 1.82) is 0 Å². The zero-order chi connectivity index (χ0) is 25.4. The molecule has 0 aromatic heterocycles. The highest BCUT2D eigenvalue weighted by Gasteiger charge is 2.16. The Morgan fingerprint density at radius 3 is 1.20 bits per heavy atom. The smallest absolute Gasteiger partial charge is 0.203 e. The van der Waals surface area contributed by atoms with E-state index in [4.69, 9.17) is 25.8 Å². The highest BCUT2D eigenvalue weighted by Crippen LogP contribution is 2.40. The van der Waals surface area contributed by atoms with Crippen molar-refractivity contribution in [3.63, 3.8) is 0 Å². The first-order chi connectivity index (χ1) is 17.3. The molecule has 0 aliphatic carbocycles. The van der Waals surface area contributed by atoms with Gasteiger partial charge >= 0.3 is 0 Å². The predicted molar refractivity (Wildman–Crippen MR) is 153 cm³/mol. The predicted octanol–water partition coefficient (Wildman–Crippen LogP) is 10.6. The monoisotopic (exact) mass is 510 g/mol. The summed E-state index contributed by atoms with van der Waals surface area (Å²) >= 11 is 6.22. The lowest BCUT2D eigenvalue weighted by Gasteiger charge is -2.18. The topological polar surface area (TPSA) is 27.7 Å². The summed E-state index contributed by atoms with van der Waals surface area (Å²) in [4.78, 5) is 0. The molecule has 0 heterocycles. The van der Waals surface area contributed by atoms with Crippen molar-refractivity contribution in [3.05, 3.63) is 17.7 Å². The Hall–Kier alpha value is -1.09. The average molecular weight is 511 g/mol. The summed E-state index contributed by atoms with van der Waals surface area (Å²) < 4.78 is 18.8. The Bertz CT molecular complexity index is 566. The van der Waals surface area contributed by atoms with Crippen LogP contribution in [0.4, 0.5) is 0 Å². The van der Waals surface area contributed by atoms with Crippen LogP contribution in [0.2, 0.25) is 0 Å². The van der Waals surface area contributed by atoms with Crippen LogP contribution in [0.3, 0.4) is 0 Å². The van der Waals surface area contributed by atoms with Crippen LogP contribution in [0.15, 0.2) is 12.1 Å². The minimum atomic E-state index is 0.443. The number of hydrogen-bond acceptors (Lipinski definition) is 3. The van der Waals surface area contributed by atoms with Crippen LogP contribution < -0.4 is 14.2 Å². The summed E-state index contributed by atoms with van der Waals surface area (Å²) in [5.41, 5.74) is 1.02. The number of halogens is 1. The van der Waals surface area contributed by atoms with E-state index in [1.54, 1.807) is 0 Å². The van der Waals surface area contributed by atoms with Gasteiger partial charge in [0.1, 0.15) is 0 Å². The summed E-state index contributed by atoms with van der Waals surface area (Å²) in [6.07, 6.45) is 22.5. The van der Waals surface area contributed by atoms with Gasteiger partial charge in [0.2, 0.25) is 5.75 Å². The second-order valence-corrected chi connectivity index (χ2v) is 10.2. The molecule has 0 saturated heterocycles. The number of ether oxygens (including phenoxy) is 3. The Labute approximate surface area is 222 Å². The van der Waals surface area contributed by atoms with Crippen molar-refractivity contribution >= 4 is 11.6 Å². The van der Waals surface area contributed by atoms with Crippen molar-refractivity contribution < 1.29 is 14.2 Å². The normalized spacial score (nSPS) is 11.1. The maximum absolute atomic E-state index is 6.30. The van der Waals surface area contributed by atoms with Gasteiger partial charge in [0, 0.05) is 5.88 Å². The van der Waals surface area contributed by atoms with Gasteiger partial charge < -0.3 is 14.2 Å². The molecule has 0 N–H and O–H groups in total. The lowest BCUT2D eigenvalue weighted by atomic mass is 10.1. The third-order valence-electron chi connectivity index (χ3n) is 6.49. The van der Waals surface area contributed by atoms with E-state index in [-0.39, 0.29) is 0 Å². The van der Waals surface area contributed by atoms with Crippen molar-refractivity contribution in [2.24, 2.45) is 0 Å². The molecule has 0 unspecified atom stereocenters. The molecule has 0 radical (unpaired) electrons. The molecule has 0 saturated carbocycles. The van der Waals surface area contributed by atoms with Gasteiger partial charge in [-0.15, -0.1) is 11.6 Å². The largest absolute Gasteiger partial charge is 0.490 e. The number of unbranched alkanes of at least 4 members (excludes halogenated alkanes) is 15. The molecule has 0 amide bonds. The summed E-state index contributed by atoms with van der Waals surface area (Å²) in [6, 6.07) is 4.08. The molecule has 1 aromatic carbocycles. The first kappa shape index (κ1) is 31.9. The SMILES string of the molecule is CCCCCCCCOc1cc(CCl)cc(OCCCCCCCC)c1OCCCCCCCC. The Morgan fingerprint density at radius 1 is 0.486 bits per heavy atom. The molecule has 0 fully saturated rings. The van der Waals surface area contributed by atoms with Gasteiger partial charge in [-0.25, -0.2) is 0 Å². The van der Waals surface area contributed by atoms with Crippen molar-refractivity contribution in [2.75, 3.05) is 19.8 Å². The van der Waals surface area contributed by atoms with E-state index in [1.165, 1.54) is 96.3 Å². The molecule has 1 aromatic rings. The molecule has 0 aliphatic heterocycles. The fourth-order valence-corrected chi connectivity index (χ4v) is 4.40. The Morgan fingerprint density at radius 2 is 0.829 bits per heavy atom. The lowest BCUT2D eigenvalue weighted by molar-refractivity contribution is 0.234. The van der Waals surface area contributed by atoms with Gasteiger partial charge in [-0.3, -0.25) is 0 Å². The quantitative estimate of drug-likeness (QED) is 0.0966. The number of hydrogen-bond donors (Lipinski definition) is 0. The zero-order valence-corrected chi connectivity index (χ0v) is 24.1. The summed E-state index contributed by atoms with van der Waals surface area (Å²) in [5.74, 6) is 2.80. The van der Waals surface area contributed by atoms with E-state index in [9.17, 15) is 0 Å². The van der Waals surface area contributed by atoms with Crippen molar-refractivity contribution in [2.45, 2.75) is 142 Å². The number of benzene rings is 1. The van der Waals surface area contributed by atoms with Gasteiger partial charge in [0.15, 0.2) is 11.5 Å². The van der Waals surface area contributed by atoms with E-state index >= 15 is 0 Å². The third kappa shape index (κ3) is 16.3. The molecule has 3 nitrogen and oxygen atoms in total. The summed E-state index contributed by atoms with van der Waals surface area (Å²) in [7, 11) is 0. The van der Waals surface area contributed by atoms with E-state index in [0.717, 1.165) is 42.1 Å². The molecule has 0 bridgehead atoms. The van der Waals surface area contributed by atoms with Gasteiger partial charge in [0.05, 0.1) is 19.8 Å². The standard InChI is InChI=1S/C31H55ClO3/c1-4-7-10-13-16-19-22-33-29-25-28(27-32)26-30(34-23-20-17-14-11-8-5-2)31(29)35-24-21-18-15-12-9-6-3/h25-26H,4-24,27H2,1-3H3. The van der Waals surface area contributed by atoms with Crippen LogP contribution in [0, 0.1) is 0 Å². The van der Waals surface area contributed by atoms with Crippen LogP contribution in [0.1, 0.15) is 142 Å². The van der Waals surface area contributed by atoms with Gasteiger partial charge in [0.25, 0.3) is 0 Å². The molecule has 0 atom stereocenters. The maximum atomic E-state index is 6.30. The van der Waals surface area contributed by atoms with E-state index in [2.05, 4.69) is 20.8 Å². The zero-order valence-electron chi connectivity index (χ0n) is 23.3. The summed E-state index contributed by atoms with van der Waals surface area (Å²) in [5, 5.41) is 0. The molecule has 0 spiro atoms. The molecule has 204 valence electrons. The van der Waals surface area contributed by atoms with Crippen molar-refractivity contribution in [3.8, 4) is 17.2 Å². The third-order valence-corrected chi connectivity index (χ3v) is 6.80. The van der Waals surface area contributed by atoms with Crippen LogP contribution in [-0.4, -0.2) is 19.8 Å². The minimum Gasteiger partial charge on any atom is -0.490 e. The number of alkyl halides is 1.